The summed E-state index contributed by atoms with van der Waals surface area (Å²) in [6, 6.07) is 0. The second-order valence-electron chi connectivity index (χ2n) is 1.92. The topological polar surface area (TPSA) is 17.1 Å². The molecule has 0 aromatic carbocycles. The number of unbranched alkanes of at least 4 members (excludes halogenated alkanes) is 1. The lowest BCUT2D eigenvalue weighted by Crippen LogP contribution is -1.89. The average Bonchev–Trinajstić information content (AvgIpc) is 1.85. The van der Waals surface area contributed by atoms with Crippen LogP contribution >= 0.6 is 0 Å². The highest BCUT2D eigenvalue weighted by atomic mass is 16.1. The summed E-state index contributed by atoms with van der Waals surface area (Å²) in [5.74, 6) is 0.131. The van der Waals surface area contributed by atoms with Crippen LogP contribution < -0.4 is 0 Å². The predicted molar refractivity (Wildman–Crippen MR) is 38.2 cm³/mol. The van der Waals surface area contributed by atoms with Gasteiger partial charge in [0.25, 0.3) is 0 Å². The van der Waals surface area contributed by atoms with Crippen molar-refractivity contribution in [2.75, 3.05) is 0 Å². The van der Waals surface area contributed by atoms with Gasteiger partial charge in [0.1, 0.15) is 0 Å². The van der Waals surface area contributed by atoms with Crippen molar-refractivity contribution in [1.29, 1.82) is 0 Å². The van der Waals surface area contributed by atoms with Gasteiger partial charge in [0.2, 0.25) is 0 Å². The van der Waals surface area contributed by atoms with Crippen LogP contribution in [0.2, 0.25) is 0 Å². The number of hydrogen-bond donors (Lipinski definition) is 0. The van der Waals surface area contributed by atoms with E-state index in [1.54, 1.807) is 0 Å². The first kappa shape index (κ1) is 8.19. The maximum Gasteiger partial charge on any atom is 0.163 e. The van der Waals surface area contributed by atoms with Crippen molar-refractivity contribution < 1.29 is 4.79 Å². The molecule has 0 aliphatic heterocycles. The molecule has 9 heavy (non-hydrogen) atoms. The van der Waals surface area contributed by atoms with Crippen LogP contribution in [0.4, 0.5) is 0 Å². The molecule has 1 nitrogen and oxygen atoms in total. The van der Waals surface area contributed by atoms with E-state index < -0.39 is 0 Å². The Labute approximate surface area is 56.1 Å². The third-order valence-electron chi connectivity index (χ3n) is 1.04. The zero-order chi connectivity index (χ0) is 7.11. The molecule has 0 N–H and O–H groups in total. The van der Waals surface area contributed by atoms with E-state index in [9.17, 15) is 4.79 Å². The molecule has 1 heteroatoms. The summed E-state index contributed by atoms with van der Waals surface area (Å²) in [7, 11) is 0. The highest BCUT2D eigenvalue weighted by Gasteiger charge is 1.91. The van der Waals surface area contributed by atoms with Gasteiger partial charge in [-0.05, 0) is 6.42 Å². The van der Waals surface area contributed by atoms with E-state index in [1.807, 2.05) is 0 Å². The van der Waals surface area contributed by atoms with Gasteiger partial charge < -0.3 is 0 Å². The molecule has 0 aliphatic rings. The highest BCUT2D eigenvalue weighted by Crippen LogP contribution is 1.94. The third kappa shape index (κ3) is 5.05. The monoisotopic (exact) mass is 124 g/mol. The first-order valence-electron chi connectivity index (χ1n) is 3.20. The number of ketones is 1. The van der Waals surface area contributed by atoms with E-state index in [0.717, 1.165) is 12.8 Å². The fraction of sp³-hybridized carbons (Fsp3) is 0.500. The summed E-state index contributed by atoms with van der Waals surface area (Å²) < 4.78 is 0. The Bertz CT molecular complexity index is 130. The lowest BCUT2D eigenvalue weighted by Gasteiger charge is -1.87. The van der Waals surface area contributed by atoms with Crippen LogP contribution in [0, 0.1) is 0 Å². The first-order valence-corrected chi connectivity index (χ1v) is 3.20. The van der Waals surface area contributed by atoms with E-state index in [2.05, 4.69) is 19.2 Å². The Hall–Kier alpha value is -0.810. The quantitative estimate of drug-likeness (QED) is 0.414. The van der Waals surface area contributed by atoms with Gasteiger partial charge >= 0.3 is 0 Å². The summed E-state index contributed by atoms with van der Waals surface area (Å²) >= 11 is 0. The Kier molecular flexibility index (Phi) is 4.85. The molecule has 0 fully saturated rings. The van der Waals surface area contributed by atoms with Crippen molar-refractivity contribution in [1.82, 2.24) is 0 Å². The molecule has 0 aliphatic carbocycles. The van der Waals surface area contributed by atoms with E-state index in [0.29, 0.717) is 6.42 Å². The van der Waals surface area contributed by atoms with Gasteiger partial charge in [0, 0.05) is 12.5 Å². The molecular formula is C8H12O. The van der Waals surface area contributed by atoms with Crippen molar-refractivity contribution in [2.24, 2.45) is 0 Å². The Balaban J connectivity index is 3.39. The molecular weight excluding hydrogens is 112 g/mol. The minimum atomic E-state index is 0.131. The van der Waals surface area contributed by atoms with Gasteiger partial charge in [-0.1, -0.05) is 19.9 Å². The van der Waals surface area contributed by atoms with Crippen LogP contribution in [0.15, 0.2) is 18.4 Å². The zero-order valence-corrected chi connectivity index (χ0v) is 5.81. The first-order chi connectivity index (χ1) is 4.31. The highest BCUT2D eigenvalue weighted by molar-refractivity contribution is 5.89. The number of hydrogen-bond acceptors (Lipinski definition) is 1. The minimum Gasteiger partial charge on any atom is -0.294 e. The Morgan fingerprint density at radius 2 is 2.44 bits per heavy atom. The van der Waals surface area contributed by atoms with Crippen LogP contribution in [0.1, 0.15) is 26.2 Å². The predicted octanol–water partition coefficient (Wildman–Crippen LogP) is 2.09. The maximum absolute atomic E-state index is 10.6. The standard InChI is InChI=1S/C8H12O/c1-3-5-7-8(9)6-4-2/h6H,2-3,5,7H2,1H3. The summed E-state index contributed by atoms with van der Waals surface area (Å²) in [6.45, 7) is 5.37. The molecule has 0 heterocycles. The second kappa shape index (κ2) is 5.33. The molecule has 0 amide bonds. The molecule has 0 aromatic heterocycles. The van der Waals surface area contributed by atoms with Crippen molar-refractivity contribution in [2.45, 2.75) is 26.2 Å². The number of rotatable bonds is 4. The van der Waals surface area contributed by atoms with Crippen molar-refractivity contribution in [3.05, 3.63) is 18.4 Å². The lowest BCUT2D eigenvalue weighted by atomic mass is 10.2. The fourth-order valence-electron chi connectivity index (χ4n) is 0.537. The third-order valence-corrected chi connectivity index (χ3v) is 1.04. The smallest absolute Gasteiger partial charge is 0.163 e. The van der Waals surface area contributed by atoms with Crippen LogP contribution in [0.3, 0.4) is 0 Å². The van der Waals surface area contributed by atoms with Gasteiger partial charge in [-0.15, -0.1) is 5.73 Å². The van der Waals surface area contributed by atoms with E-state index in [4.69, 9.17) is 0 Å². The van der Waals surface area contributed by atoms with E-state index in [1.165, 1.54) is 6.08 Å². The zero-order valence-electron chi connectivity index (χ0n) is 5.81. The van der Waals surface area contributed by atoms with E-state index in [-0.39, 0.29) is 5.78 Å². The summed E-state index contributed by atoms with van der Waals surface area (Å²) in [4.78, 5) is 10.6. The van der Waals surface area contributed by atoms with Gasteiger partial charge in [0.15, 0.2) is 5.78 Å². The van der Waals surface area contributed by atoms with Crippen LogP contribution in [0.25, 0.3) is 0 Å². The van der Waals surface area contributed by atoms with Crippen molar-refractivity contribution >= 4 is 5.78 Å². The molecule has 0 unspecified atom stereocenters. The molecule has 0 saturated heterocycles. The average molecular weight is 124 g/mol. The number of carbonyl (C=O) groups excluding carboxylic acids is 1. The summed E-state index contributed by atoms with van der Waals surface area (Å²) in [6.07, 6.45) is 4.07. The molecule has 0 atom stereocenters. The van der Waals surface area contributed by atoms with Crippen LogP contribution in [-0.2, 0) is 4.79 Å². The largest absolute Gasteiger partial charge is 0.294 e. The molecule has 0 saturated carbocycles. The van der Waals surface area contributed by atoms with Gasteiger partial charge in [-0.25, -0.2) is 0 Å². The van der Waals surface area contributed by atoms with E-state index >= 15 is 0 Å². The van der Waals surface area contributed by atoms with Gasteiger partial charge in [0.05, 0.1) is 0 Å². The molecule has 0 spiro atoms. The maximum atomic E-state index is 10.6. The minimum absolute atomic E-state index is 0.131. The Morgan fingerprint density at radius 3 is 2.89 bits per heavy atom. The molecule has 50 valence electrons. The van der Waals surface area contributed by atoms with Crippen LogP contribution in [-0.4, -0.2) is 5.78 Å². The van der Waals surface area contributed by atoms with Gasteiger partial charge in [-0.2, -0.15) is 0 Å². The second-order valence-corrected chi connectivity index (χ2v) is 1.92. The van der Waals surface area contributed by atoms with Crippen LogP contribution in [0.5, 0.6) is 0 Å². The normalized spacial score (nSPS) is 8.11. The fourth-order valence-corrected chi connectivity index (χ4v) is 0.537. The molecule has 0 aromatic rings. The van der Waals surface area contributed by atoms with Crippen molar-refractivity contribution in [3.63, 3.8) is 0 Å². The Morgan fingerprint density at radius 1 is 1.78 bits per heavy atom. The van der Waals surface area contributed by atoms with Gasteiger partial charge in [-0.3, -0.25) is 4.79 Å². The SMILES string of the molecule is C=C=CC(=O)CCCC. The molecule has 0 rings (SSSR count). The molecule has 0 radical (unpaired) electrons. The summed E-state index contributed by atoms with van der Waals surface area (Å²) in [5, 5.41) is 0. The lowest BCUT2D eigenvalue weighted by molar-refractivity contribution is -0.114. The van der Waals surface area contributed by atoms with Crippen molar-refractivity contribution in [3.8, 4) is 0 Å². The number of allylic oxidation sites excluding steroid dienone is 1. The summed E-state index contributed by atoms with van der Waals surface area (Å²) in [5.41, 5.74) is 2.45. The number of carbonyl (C=O) groups is 1. The molecule has 0 bridgehead atoms.